The summed E-state index contributed by atoms with van der Waals surface area (Å²) in [4.78, 5) is 14.6. The molecule has 0 aromatic heterocycles. The molecule has 0 saturated heterocycles. The first-order valence-corrected chi connectivity index (χ1v) is 9.22. The lowest BCUT2D eigenvalue weighted by molar-refractivity contribution is -0.135. The number of carbonyl (C=O) groups is 1. The molecule has 2 aromatic rings. The number of aryl methyl sites for hydroxylation is 1. The number of amides is 1. The fraction of sp³-hybridized carbons (Fsp3) is 0.409. The first kappa shape index (κ1) is 17.5. The van der Waals surface area contributed by atoms with Crippen molar-refractivity contribution in [2.75, 3.05) is 6.61 Å². The second-order valence-electron chi connectivity index (χ2n) is 6.99. The molecule has 0 bridgehead atoms. The topological polar surface area (TPSA) is 29.5 Å². The maximum absolute atomic E-state index is 12.7. The van der Waals surface area contributed by atoms with E-state index in [1.807, 2.05) is 49.1 Å². The Morgan fingerprint density at radius 1 is 1.04 bits per heavy atom. The molecule has 0 saturated carbocycles. The van der Waals surface area contributed by atoms with Crippen molar-refractivity contribution in [2.24, 2.45) is 0 Å². The summed E-state index contributed by atoms with van der Waals surface area (Å²) in [6, 6.07) is 16.5. The van der Waals surface area contributed by atoms with E-state index in [1.54, 1.807) is 0 Å². The normalized spacial score (nSPS) is 13.4. The van der Waals surface area contributed by atoms with E-state index in [-0.39, 0.29) is 18.6 Å². The van der Waals surface area contributed by atoms with Gasteiger partial charge in [-0.1, -0.05) is 42.5 Å². The van der Waals surface area contributed by atoms with Crippen LogP contribution in [0.15, 0.2) is 48.5 Å². The van der Waals surface area contributed by atoms with Gasteiger partial charge in [-0.3, -0.25) is 4.79 Å². The van der Waals surface area contributed by atoms with Crippen LogP contribution in [-0.4, -0.2) is 23.5 Å². The van der Waals surface area contributed by atoms with Crippen LogP contribution in [0.2, 0.25) is 0 Å². The Morgan fingerprint density at radius 2 is 1.80 bits per heavy atom. The summed E-state index contributed by atoms with van der Waals surface area (Å²) in [6.07, 6.45) is 4.62. The largest absolute Gasteiger partial charge is 0.483 e. The van der Waals surface area contributed by atoms with Crippen molar-refractivity contribution in [3.8, 4) is 5.75 Å². The maximum Gasteiger partial charge on any atom is 0.261 e. The number of fused-ring (bicyclic) bond motifs is 1. The number of hydrogen-bond donors (Lipinski definition) is 0. The Labute approximate surface area is 150 Å². The molecule has 1 amide bonds. The summed E-state index contributed by atoms with van der Waals surface area (Å²) in [5.74, 6) is 0.918. The Hall–Kier alpha value is -2.29. The molecule has 0 radical (unpaired) electrons. The Balaban J connectivity index is 1.66. The van der Waals surface area contributed by atoms with Gasteiger partial charge in [0.15, 0.2) is 6.61 Å². The molecule has 0 N–H and O–H groups in total. The fourth-order valence-corrected chi connectivity index (χ4v) is 3.44. The third kappa shape index (κ3) is 4.41. The molecule has 0 fully saturated rings. The molecule has 1 aliphatic rings. The average molecular weight is 337 g/mol. The van der Waals surface area contributed by atoms with Crippen molar-refractivity contribution < 1.29 is 9.53 Å². The van der Waals surface area contributed by atoms with Gasteiger partial charge >= 0.3 is 0 Å². The third-order valence-corrected chi connectivity index (χ3v) is 4.84. The van der Waals surface area contributed by atoms with E-state index >= 15 is 0 Å². The SMILES string of the molecule is CC(C)N(Cc1ccccc1)C(=O)COc1cccc2c1CCCC2. The van der Waals surface area contributed by atoms with Crippen LogP contribution in [0.5, 0.6) is 5.75 Å². The molecule has 3 nitrogen and oxygen atoms in total. The Kier molecular flexibility index (Phi) is 5.75. The zero-order valence-corrected chi connectivity index (χ0v) is 15.2. The van der Waals surface area contributed by atoms with Gasteiger partial charge < -0.3 is 9.64 Å². The molecule has 2 aromatic carbocycles. The Morgan fingerprint density at radius 3 is 2.56 bits per heavy atom. The highest BCUT2D eigenvalue weighted by atomic mass is 16.5. The lowest BCUT2D eigenvalue weighted by Gasteiger charge is -2.27. The third-order valence-electron chi connectivity index (χ3n) is 4.84. The highest BCUT2D eigenvalue weighted by Gasteiger charge is 2.19. The van der Waals surface area contributed by atoms with E-state index in [0.717, 1.165) is 24.2 Å². The lowest BCUT2D eigenvalue weighted by atomic mass is 9.91. The standard InChI is InChI=1S/C22H27NO2/c1-17(2)23(15-18-9-4-3-5-10-18)22(24)16-25-21-14-8-12-19-11-6-7-13-20(19)21/h3-5,8-10,12,14,17H,6-7,11,13,15-16H2,1-2H3. The highest BCUT2D eigenvalue weighted by molar-refractivity contribution is 5.78. The first-order valence-electron chi connectivity index (χ1n) is 9.22. The molecule has 0 aliphatic heterocycles. The number of ether oxygens (including phenoxy) is 1. The van der Waals surface area contributed by atoms with E-state index in [2.05, 4.69) is 18.2 Å². The van der Waals surface area contributed by atoms with E-state index in [4.69, 9.17) is 4.74 Å². The molecule has 0 atom stereocenters. The predicted molar refractivity (Wildman–Crippen MR) is 101 cm³/mol. The van der Waals surface area contributed by atoms with Crippen LogP contribution in [0.1, 0.15) is 43.4 Å². The molecule has 0 heterocycles. The second kappa shape index (κ2) is 8.19. The molecular weight excluding hydrogens is 310 g/mol. The van der Waals surface area contributed by atoms with Crippen LogP contribution < -0.4 is 4.74 Å². The minimum atomic E-state index is 0.0345. The summed E-state index contributed by atoms with van der Waals surface area (Å²) in [6.45, 7) is 4.81. The number of hydrogen-bond acceptors (Lipinski definition) is 2. The molecule has 3 rings (SSSR count). The smallest absolute Gasteiger partial charge is 0.261 e. The van der Waals surface area contributed by atoms with Crippen LogP contribution in [0, 0.1) is 0 Å². The maximum atomic E-state index is 12.7. The summed E-state index contributed by atoms with van der Waals surface area (Å²) >= 11 is 0. The molecule has 0 unspecified atom stereocenters. The average Bonchev–Trinajstić information content (AvgIpc) is 2.64. The van der Waals surface area contributed by atoms with Crippen molar-refractivity contribution >= 4 is 5.91 Å². The minimum Gasteiger partial charge on any atom is -0.483 e. The number of nitrogens with zero attached hydrogens (tertiary/aromatic N) is 1. The quantitative estimate of drug-likeness (QED) is 0.783. The molecule has 25 heavy (non-hydrogen) atoms. The van der Waals surface area contributed by atoms with E-state index < -0.39 is 0 Å². The van der Waals surface area contributed by atoms with Gasteiger partial charge in [0.1, 0.15) is 5.75 Å². The van der Waals surface area contributed by atoms with Crippen LogP contribution in [0.3, 0.4) is 0 Å². The summed E-state index contributed by atoms with van der Waals surface area (Å²) in [5.41, 5.74) is 3.81. The van der Waals surface area contributed by atoms with Crippen molar-refractivity contribution in [1.29, 1.82) is 0 Å². The van der Waals surface area contributed by atoms with Gasteiger partial charge in [-0.05, 0) is 62.3 Å². The van der Waals surface area contributed by atoms with Crippen LogP contribution in [0.4, 0.5) is 0 Å². The van der Waals surface area contributed by atoms with Crippen molar-refractivity contribution in [1.82, 2.24) is 4.90 Å². The van der Waals surface area contributed by atoms with Gasteiger partial charge in [-0.15, -0.1) is 0 Å². The first-order chi connectivity index (χ1) is 12.1. The van der Waals surface area contributed by atoms with Gasteiger partial charge in [0.25, 0.3) is 5.91 Å². The number of carbonyl (C=O) groups excluding carboxylic acids is 1. The van der Waals surface area contributed by atoms with Crippen LogP contribution in [-0.2, 0) is 24.2 Å². The molecule has 1 aliphatic carbocycles. The predicted octanol–water partition coefficient (Wildman–Crippen LogP) is 4.38. The molecule has 0 spiro atoms. The number of benzene rings is 2. The lowest BCUT2D eigenvalue weighted by Crippen LogP contribution is -2.39. The van der Waals surface area contributed by atoms with E-state index in [1.165, 1.54) is 24.0 Å². The Bertz CT molecular complexity index is 709. The van der Waals surface area contributed by atoms with E-state index in [0.29, 0.717) is 6.54 Å². The van der Waals surface area contributed by atoms with Gasteiger partial charge in [0.05, 0.1) is 0 Å². The van der Waals surface area contributed by atoms with E-state index in [9.17, 15) is 4.79 Å². The summed E-state index contributed by atoms with van der Waals surface area (Å²) in [7, 11) is 0. The van der Waals surface area contributed by atoms with Crippen molar-refractivity contribution in [3.63, 3.8) is 0 Å². The minimum absolute atomic E-state index is 0.0345. The second-order valence-corrected chi connectivity index (χ2v) is 6.99. The summed E-state index contributed by atoms with van der Waals surface area (Å²) < 4.78 is 5.94. The van der Waals surface area contributed by atoms with Crippen molar-refractivity contribution in [3.05, 3.63) is 65.2 Å². The fourth-order valence-electron chi connectivity index (χ4n) is 3.44. The number of rotatable bonds is 6. The zero-order chi connectivity index (χ0) is 17.6. The highest BCUT2D eigenvalue weighted by Crippen LogP contribution is 2.29. The summed E-state index contributed by atoms with van der Waals surface area (Å²) in [5, 5.41) is 0. The molecule has 3 heteroatoms. The van der Waals surface area contributed by atoms with Crippen molar-refractivity contribution in [2.45, 2.75) is 52.1 Å². The molecular formula is C22H27NO2. The van der Waals surface area contributed by atoms with Crippen LogP contribution in [0.25, 0.3) is 0 Å². The monoisotopic (exact) mass is 337 g/mol. The molecule has 132 valence electrons. The van der Waals surface area contributed by atoms with Crippen LogP contribution >= 0.6 is 0 Å². The van der Waals surface area contributed by atoms with Gasteiger partial charge in [-0.2, -0.15) is 0 Å². The van der Waals surface area contributed by atoms with Gasteiger partial charge in [0.2, 0.25) is 0 Å². The van der Waals surface area contributed by atoms with Gasteiger partial charge in [-0.25, -0.2) is 0 Å². The van der Waals surface area contributed by atoms with Gasteiger partial charge in [0, 0.05) is 12.6 Å². The zero-order valence-electron chi connectivity index (χ0n) is 15.2.